The molecular formula is C12H23N3. The van der Waals surface area contributed by atoms with Crippen LogP contribution in [-0.2, 0) is 0 Å². The third-order valence-electron chi connectivity index (χ3n) is 2.28. The van der Waals surface area contributed by atoms with Gasteiger partial charge in [-0.3, -0.25) is 0 Å². The number of nitrogens with zero attached hydrogens (tertiary/aromatic N) is 3. The minimum Gasteiger partial charge on any atom is -0.196 e. The van der Waals surface area contributed by atoms with E-state index in [0.717, 1.165) is 25.7 Å². The Morgan fingerprint density at radius 2 is 1.73 bits per heavy atom. The van der Waals surface area contributed by atoms with Gasteiger partial charge in [-0.25, -0.2) is 0 Å². The molecule has 1 atom stereocenters. The monoisotopic (exact) mass is 209 g/mol. The van der Waals surface area contributed by atoms with Crippen LogP contribution in [0.5, 0.6) is 0 Å². The fourth-order valence-electron chi connectivity index (χ4n) is 1.17. The summed E-state index contributed by atoms with van der Waals surface area (Å²) < 4.78 is 0. The van der Waals surface area contributed by atoms with Crippen molar-refractivity contribution in [2.24, 2.45) is 10.2 Å². The Bertz CT molecular complexity index is 245. The molecule has 0 saturated heterocycles. The number of unbranched alkanes of at least 4 members (excludes halogenated alkanes) is 1. The quantitative estimate of drug-likeness (QED) is 0.629. The van der Waals surface area contributed by atoms with Crippen LogP contribution in [0, 0.1) is 11.3 Å². The van der Waals surface area contributed by atoms with Crippen LogP contribution in [0.25, 0.3) is 0 Å². The fraction of sp³-hybridized carbons (Fsp3) is 0.917. The molecule has 0 saturated carbocycles. The van der Waals surface area contributed by atoms with Crippen molar-refractivity contribution >= 4 is 0 Å². The zero-order valence-electron chi connectivity index (χ0n) is 10.7. The van der Waals surface area contributed by atoms with Gasteiger partial charge in [0, 0.05) is 0 Å². The SMILES string of the molecule is CCCCC(C#N)(CC)N=NC(C)(C)C. The number of hydrogen-bond donors (Lipinski definition) is 0. The van der Waals surface area contributed by atoms with Crippen LogP contribution >= 0.6 is 0 Å². The van der Waals surface area contributed by atoms with Crippen LogP contribution in [0.1, 0.15) is 60.3 Å². The summed E-state index contributed by atoms with van der Waals surface area (Å²) in [7, 11) is 0. The molecule has 1 unspecified atom stereocenters. The molecule has 0 aliphatic carbocycles. The lowest BCUT2D eigenvalue weighted by Gasteiger charge is -2.20. The van der Waals surface area contributed by atoms with Crippen LogP contribution in [0.2, 0.25) is 0 Å². The summed E-state index contributed by atoms with van der Waals surface area (Å²) in [5, 5.41) is 17.7. The van der Waals surface area contributed by atoms with E-state index in [2.05, 4.69) is 23.2 Å². The molecule has 0 radical (unpaired) electrons. The lowest BCUT2D eigenvalue weighted by Crippen LogP contribution is -2.24. The first-order valence-corrected chi connectivity index (χ1v) is 5.74. The van der Waals surface area contributed by atoms with Gasteiger partial charge >= 0.3 is 0 Å². The summed E-state index contributed by atoms with van der Waals surface area (Å²) in [6, 6.07) is 2.31. The predicted molar refractivity (Wildman–Crippen MR) is 62.8 cm³/mol. The summed E-state index contributed by atoms with van der Waals surface area (Å²) in [5.41, 5.74) is -0.785. The molecule has 3 nitrogen and oxygen atoms in total. The molecule has 0 N–H and O–H groups in total. The van der Waals surface area contributed by atoms with E-state index in [0.29, 0.717) is 0 Å². The zero-order chi connectivity index (χ0) is 11.9. The molecular weight excluding hydrogens is 186 g/mol. The molecule has 3 heteroatoms. The van der Waals surface area contributed by atoms with E-state index in [1.54, 1.807) is 0 Å². The van der Waals surface area contributed by atoms with Crippen molar-refractivity contribution in [1.29, 1.82) is 5.26 Å². The predicted octanol–water partition coefficient (Wildman–Crippen LogP) is 4.10. The van der Waals surface area contributed by atoms with Gasteiger partial charge in [0.1, 0.15) is 0 Å². The van der Waals surface area contributed by atoms with Crippen molar-refractivity contribution in [3.8, 4) is 6.07 Å². The molecule has 15 heavy (non-hydrogen) atoms. The highest BCUT2D eigenvalue weighted by Crippen LogP contribution is 2.24. The first kappa shape index (κ1) is 14.1. The second-order valence-corrected chi connectivity index (χ2v) is 4.97. The second kappa shape index (κ2) is 5.85. The summed E-state index contributed by atoms with van der Waals surface area (Å²) in [6.45, 7) is 10.1. The Morgan fingerprint density at radius 1 is 1.13 bits per heavy atom. The summed E-state index contributed by atoms with van der Waals surface area (Å²) >= 11 is 0. The van der Waals surface area contributed by atoms with Crippen molar-refractivity contribution in [1.82, 2.24) is 0 Å². The van der Waals surface area contributed by atoms with Gasteiger partial charge in [-0.2, -0.15) is 15.5 Å². The lowest BCUT2D eigenvalue weighted by atomic mass is 9.92. The van der Waals surface area contributed by atoms with E-state index in [1.807, 2.05) is 27.7 Å². The molecule has 0 heterocycles. The first-order valence-electron chi connectivity index (χ1n) is 5.74. The van der Waals surface area contributed by atoms with Gasteiger partial charge in [0.05, 0.1) is 11.6 Å². The largest absolute Gasteiger partial charge is 0.196 e. The third kappa shape index (κ3) is 5.51. The van der Waals surface area contributed by atoms with E-state index in [4.69, 9.17) is 0 Å². The molecule has 0 aliphatic rings. The van der Waals surface area contributed by atoms with E-state index in [1.165, 1.54) is 0 Å². The van der Waals surface area contributed by atoms with E-state index in [9.17, 15) is 5.26 Å². The van der Waals surface area contributed by atoms with Crippen LogP contribution in [0.15, 0.2) is 10.2 Å². The molecule has 0 aromatic carbocycles. The van der Waals surface area contributed by atoms with Crippen molar-refractivity contribution in [3.63, 3.8) is 0 Å². The molecule has 0 aromatic heterocycles. The van der Waals surface area contributed by atoms with Crippen LogP contribution < -0.4 is 0 Å². The normalized spacial score (nSPS) is 16.3. The Hall–Kier alpha value is -0.910. The smallest absolute Gasteiger partial charge is 0.167 e. The molecule has 0 aliphatic heterocycles. The Balaban J connectivity index is 4.66. The fourth-order valence-corrected chi connectivity index (χ4v) is 1.17. The minimum atomic E-state index is -0.594. The Morgan fingerprint density at radius 3 is 2.07 bits per heavy atom. The minimum absolute atomic E-state index is 0.191. The highest BCUT2D eigenvalue weighted by atomic mass is 15.2. The van der Waals surface area contributed by atoms with Gasteiger partial charge in [-0.1, -0.05) is 26.7 Å². The van der Waals surface area contributed by atoms with Crippen molar-refractivity contribution in [2.75, 3.05) is 0 Å². The van der Waals surface area contributed by atoms with Gasteiger partial charge in [0.15, 0.2) is 5.54 Å². The maximum atomic E-state index is 9.20. The summed E-state index contributed by atoms with van der Waals surface area (Å²) in [5.74, 6) is 0. The van der Waals surface area contributed by atoms with Crippen LogP contribution in [0.3, 0.4) is 0 Å². The Kier molecular flexibility index (Phi) is 5.49. The lowest BCUT2D eigenvalue weighted by molar-refractivity contribution is 0.411. The van der Waals surface area contributed by atoms with Gasteiger partial charge in [-0.15, -0.1) is 0 Å². The van der Waals surface area contributed by atoms with Gasteiger partial charge in [0.2, 0.25) is 0 Å². The Labute approximate surface area is 93.6 Å². The van der Waals surface area contributed by atoms with E-state index >= 15 is 0 Å². The first-order chi connectivity index (χ1) is 6.89. The van der Waals surface area contributed by atoms with Gasteiger partial charge in [0.25, 0.3) is 0 Å². The zero-order valence-corrected chi connectivity index (χ0v) is 10.7. The molecule has 86 valence electrons. The number of nitriles is 1. The van der Waals surface area contributed by atoms with Crippen molar-refractivity contribution < 1.29 is 0 Å². The average molecular weight is 209 g/mol. The molecule has 0 fully saturated rings. The number of hydrogen-bond acceptors (Lipinski definition) is 3. The maximum Gasteiger partial charge on any atom is 0.167 e. The maximum absolute atomic E-state index is 9.20. The standard InChI is InChI=1S/C12H23N3/c1-6-8-9-12(7-2,10-13)15-14-11(3,4)5/h6-9H2,1-5H3. The van der Waals surface area contributed by atoms with E-state index in [-0.39, 0.29) is 5.54 Å². The van der Waals surface area contributed by atoms with E-state index < -0.39 is 5.54 Å². The van der Waals surface area contributed by atoms with Crippen molar-refractivity contribution in [2.45, 2.75) is 71.4 Å². The second-order valence-electron chi connectivity index (χ2n) is 4.97. The number of azo groups is 1. The molecule has 0 rings (SSSR count). The summed E-state index contributed by atoms with van der Waals surface area (Å²) in [4.78, 5) is 0. The number of rotatable bonds is 5. The molecule has 0 bridgehead atoms. The van der Waals surface area contributed by atoms with Crippen LogP contribution in [0.4, 0.5) is 0 Å². The highest BCUT2D eigenvalue weighted by Gasteiger charge is 2.27. The topological polar surface area (TPSA) is 48.5 Å². The van der Waals surface area contributed by atoms with Gasteiger partial charge in [-0.05, 0) is 33.6 Å². The molecule has 0 aromatic rings. The summed E-state index contributed by atoms with van der Waals surface area (Å²) in [6.07, 6.45) is 3.68. The van der Waals surface area contributed by atoms with Crippen LogP contribution in [-0.4, -0.2) is 11.1 Å². The third-order valence-corrected chi connectivity index (χ3v) is 2.28. The van der Waals surface area contributed by atoms with Gasteiger partial charge < -0.3 is 0 Å². The molecule has 0 amide bonds. The van der Waals surface area contributed by atoms with Crippen molar-refractivity contribution in [3.05, 3.63) is 0 Å². The molecule has 0 spiro atoms. The highest BCUT2D eigenvalue weighted by molar-refractivity contribution is 5.05. The average Bonchev–Trinajstić information content (AvgIpc) is 2.18.